The number of rotatable bonds is 7. The lowest BCUT2D eigenvalue weighted by molar-refractivity contribution is 0.0471. The molecule has 204 valence electrons. The number of aryl methyl sites for hydroxylation is 1. The zero-order valence-corrected chi connectivity index (χ0v) is 24.2. The number of nitrogen functional groups attached to an aromatic ring is 1. The zero-order valence-electron chi connectivity index (χ0n) is 21.8. The van der Waals surface area contributed by atoms with E-state index in [2.05, 4.69) is 31.2 Å². The Hall–Kier alpha value is -2.73. The average molecular weight is 606 g/mol. The summed E-state index contributed by atoms with van der Waals surface area (Å²) >= 11 is 5.01. The molecule has 0 radical (unpaired) electrons. The number of anilines is 1. The molecule has 1 atom stereocenters. The average Bonchev–Trinajstić information content (AvgIpc) is 3.50. The maximum absolute atomic E-state index is 12.6. The monoisotopic (exact) mass is 604 g/mol. The maximum Gasteiger partial charge on any atom is 0.407 e. The van der Waals surface area contributed by atoms with E-state index in [9.17, 15) is 4.79 Å². The molecule has 0 spiro atoms. The molecule has 0 saturated heterocycles. The highest BCUT2D eigenvalue weighted by molar-refractivity contribution is 9.10. The number of nitrogens with one attached hydrogen (secondary N) is 1. The standard InChI is InChI=1S/C26H33BrN6O4S/c1-26(2,3)37-25(34)30-17(15-7-5-4-6-8-15)9-10-33-13-29-22(28)21-23(33)32-24(31-21)38-20-12-19-18(11-16(20)27)35-14-36-19/h11-13,15,17H,4-10,14,28H2,1-3H3,(H,30,34). The van der Waals surface area contributed by atoms with Crippen LogP contribution in [0.1, 0.15) is 59.3 Å². The molecule has 1 aromatic rings. The Labute approximate surface area is 234 Å². The van der Waals surface area contributed by atoms with Crippen LogP contribution in [0.15, 0.2) is 33.0 Å². The van der Waals surface area contributed by atoms with Gasteiger partial charge in [0.25, 0.3) is 0 Å². The van der Waals surface area contributed by atoms with Gasteiger partial charge in [0, 0.05) is 22.0 Å². The normalized spacial score (nSPS) is 16.5. The van der Waals surface area contributed by atoms with Crippen LogP contribution < -0.4 is 20.5 Å². The molecule has 4 aliphatic rings. The number of halogens is 1. The molecular weight excluding hydrogens is 572 g/mol. The fourth-order valence-electron chi connectivity index (χ4n) is 4.92. The van der Waals surface area contributed by atoms with Crippen molar-refractivity contribution in [2.45, 2.75) is 87.5 Å². The summed E-state index contributed by atoms with van der Waals surface area (Å²) in [5, 5.41) is 3.71. The predicted molar refractivity (Wildman–Crippen MR) is 148 cm³/mol. The molecular formula is C26H33BrN6O4S. The minimum Gasteiger partial charge on any atom is -0.454 e. The van der Waals surface area contributed by atoms with Crippen molar-refractivity contribution < 1.29 is 19.0 Å². The van der Waals surface area contributed by atoms with Gasteiger partial charge in [-0.05, 0) is 85.8 Å². The van der Waals surface area contributed by atoms with Gasteiger partial charge in [-0.15, -0.1) is 0 Å². The van der Waals surface area contributed by atoms with Crippen LogP contribution in [0.3, 0.4) is 0 Å². The Morgan fingerprint density at radius 3 is 2.71 bits per heavy atom. The fourth-order valence-corrected chi connectivity index (χ4v) is 6.27. The molecule has 0 bridgehead atoms. The van der Waals surface area contributed by atoms with E-state index in [4.69, 9.17) is 24.9 Å². The van der Waals surface area contributed by atoms with Crippen LogP contribution in [0.25, 0.3) is 11.5 Å². The topological polar surface area (TPSA) is 126 Å². The van der Waals surface area contributed by atoms with E-state index in [1.165, 1.54) is 31.0 Å². The van der Waals surface area contributed by atoms with E-state index >= 15 is 0 Å². The Morgan fingerprint density at radius 1 is 1.24 bits per heavy atom. The maximum atomic E-state index is 12.6. The molecule has 1 aromatic carbocycles. The molecule has 12 heteroatoms. The van der Waals surface area contributed by atoms with Crippen molar-refractivity contribution in [1.82, 2.24) is 24.8 Å². The number of fused-ring (bicyclic) bond motifs is 2. The number of carbonyl (C=O) groups excluding carboxylic acids is 1. The lowest BCUT2D eigenvalue weighted by atomic mass is 9.82. The smallest absolute Gasteiger partial charge is 0.407 e. The van der Waals surface area contributed by atoms with Gasteiger partial charge in [0.15, 0.2) is 34.0 Å². The third-order valence-corrected chi connectivity index (χ3v) is 8.54. The minimum atomic E-state index is -0.547. The van der Waals surface area contributed by atoms with Crippen LogP contribution in [0.5, 0.6) is 11.5 Å². The second-order valence-electron chi connectivity index (χ2n) is 10.7. The molecule has 38 heavy (non-hydrogen) atoms. The zero-order chi connectivity index (χ0) is 26.9. The van der Waals surface area contributed by atoms with Crippen LogP contribution in [0, 0.1) is 5.92 Å². The highest BCUT2D eigenvalue weighted by Crippen LogP contribution is 2.43. The predicted octanol–water partition coefficient (Wildman–Crippen LogP) is 5.87. The van der Waals surface area contributed by atoms with E-state index in [0.29, 0.717) is 46.5 Å². The van der Waals surface area contributed by atoms with Crippen molar-refractivity contribution >= 4 is 39.6 Å². The number of nitrogens with two attached hydrogens (primary N) is 1. The third kappa shape index (κ3) is 6.28. The quantitative estimate of drug-likeness (QED) is 0.340. The number of amides is 1. The third-order valence-electron chi connectivity index (χ3n) is 6.70. The van der Waals surface area contributed by atoms with Crippen molar-refractivity contribution in [2.75, 3.05) is 12.5 Å². The highest BCUT2D eigenvalue weighted by atomic mass is 79.9. The molecule has 5 rings (SSSR count). The van der Waals surface area contributed by atoms with E-state index < -0.39 is 5.60 Å². The Morgan fingerprint density at radius 2 is 1.97 bits per heavy atom. The lowest BCUT2D eigenvalue weighted by Gasteiger charge is -2.32. The fraction of sp³-hybridized carbons (Fsp3) is 0.538. The summed E-state index contributed by atoms with van der Waals surface area (Å²) in [7, 11) is 0. The highest BCUT2D eigenvalue weighted by Gasteiger charge is 2.28. The molecule has 10 nitrogen and oxygen atoms in total. The summed E-state index contributed by atoms with van der Waals surface area (Å²) in [6, 6.07) is 3.78. The van der Waals surface area contributed by atoms with Crippen LogP contribution >= 0.6 is 27.7 Å². The number of nitrogens with zero attached hydrogens (tertiary/aromatic N) is 4. The van der Waals surface area contributed by atoms with Crippen molar-refractivity contribution in [3.63, 3.8) is 0 Å². The van der Waals surface area contributed by atoms with Crippen molar-refractivity contribution in [1.29, 1.82) is 0 Å². The van der Waals surface area contributed by atoms with Crippen molar-refractivity contribution in [3.05, 3.63) is 22.9 Å². The van der Waals surface area contributed by atoms with Gasteiger partial charge >= 0.3 is 6.09 Å². The number of alkyl carbamates (subject to hydrolysis) is 1. The van der Waals surface area contributed by atoms with Gasteiger partial charge < -0.3 is 29.8 Å². The van der Waals surface area contributed by atoms with Crippen LogP contribution in [-0.2, 0) is 11.3 Å². The van der Waals surface area contributed by atoms with Gasteiger partial charge in [-0.3, -0.25) is 0 Å². The number of ether oxygens (including phenoxy) is 3. The molecule has 1 fully saturated rings. The second-order valence-corrected chi connectivity index (χ2v) is 12.5. The number of hydrogen-bond acceptors (Lipinski definition) is 9. The molecule has 1 amide bonds. The minimum absolute atomic E-state index is 0.00777. The summed E-state index contributed by atoms with van der Waals surface area (Å²) in [5.74, 6) is 2.80. The summed E-state index contributed by atoms with van der Waals surface area (Å²) < 4.78 is 19.4. The second kappa shape index (κ2) is 11.2. The lowest BCUT2D eigenvalue weighted by Crippen LogP contribution is -2.44. The van der Waals surface area contributed by atoms with Crippen LogP contribution in [-0.4, -0.2) is 44.0 Å². The Kier molecular flexibility index (Phi) is 7.90. The summed E-state index contributed by atoms with van der Waals surface area (Å²) in [6.45, 7) is 6.44. The Bertz CT molecular complexity index is 1270. The van der Waals surface area contributed by atoms with E-state index in [0.717, 1.165) is 28.6 Å². The first-order valence-electron chi connectivity index (χ1n) is 12.9. The number of benzene rings is 1. The van der Waals surface area contributed by atoms with Gasteiger partial charge in [-0.1, -0.05) is 19.3 Å². The first kappa shape index (κ1) is 26.9. The summed E-state index contributed by atoms with van der Waals surface area (Å²) in [4.78, 5) is 27.4. The van der Waals surface area contributed by atoms with E-state index in [1.807, 2.05) is 37.5 Å². The molecule has 1 unspecified atom stereocenters. The number of imidazole rings is 1. The summed E-state index contributed by atoms with van der Waals surface area (Å²) in [5.41, 5.74) is 6.19. The van der Waals surface area contributed by atoms with Gasteiger partial charge in [0.1, 0.15) is 5.60 Å². The number of aromatic nitrogens is 4. The molecule has 1 aliphatic carbocycles. The number of carbonyl (C=O) groups is 1. The largest absolute Gasteiger partial charge is 0.454 e. The molecule has 3 N–H and O–H groups in total. The van der Waals surface area contributed by atoms with Gasteiger partial charge in [-0.2, -0.15) is 0 Å². The van der Waals surface area contributed by atoms with Crippen molar-refractivity contribution in [2.24, 2.45) is 5.92 Å². The first-order chi connectivity index (χ1) is 18.2. The van der Waals surface area contributed by atoms with Crippen LogP contribution in [0.4, 0.5) is 10.6 Å². The van der Waals surface area contributed by atoms with Crippen molar-refractivity contribution in [3.8, 4) is 23.0 Å². The summed E-state index contributed by atoms with van der Waals surface area (Å²) in [6.07, 6.45) is 7.85. The van der Waals surface area contributed by atoms with Gasteiger partial charge in [0.05, 0.1) is 6.33 Å². The van der Waals surface area contributed by atoms with Gasteiger partial charge in [-0.25, -0.2) is 19.7 Å². The van der Waals surface area contributed by atoms with Crippen LogP contribution in [0.2, 0.25) is 0 Å². The molecule has 0 aromatic heterocycles. The Balaban J connectivity index is 1.34. The molecule has 3 heterocycles. The molecule has 3 aliphatic heterocycles. The van der Waals surface area contributed by atoms with E-state index in [1.54, 1.807) is 6.33 Å². The SMILES string of the molecule is CC(C)(C)OC(=O)NC(CCn1cnc(N)c2nc(Sc3cc4c(cc3Br)OCO4)nc1-2)C1CCCCC1. The first-order valence-corrected chi connectivity index (χ1v) is 14.5. The number of hydrogen-bond donors (Lipinski definition) is 2. The molecule has 1 saturated carbocycles. The van der Waals surface area contributed by atoms with E-state index in [-0.39, 0.29) is 18.9 Å². The van der Waals surface area contributed by atoms with Gasteiger partial charge in [0.2, 0.25) is 6.79 Å².